The molecule has 22 heavy (non-hydrogen) atoms. The van der Waals surface area contributed by atoms with Crippen molar-refractivity contribution < 1.29 is 0 Å². The van der Waals surface area contributed by atoms with E-state index in [1.807, 2.05) is 22.8 Å². The second-order valence-corrected chi connectivity index (χ2v) is 7.16. The molecule has 1 saturated heterocycles. The fourth-order valence-electron chi connectivity index (χ4n) is 4.02. The summed E-state index contributed by atoms with van der Waals surface area (Å²) in [6, 6.07) is 8.37. The van der Waals surface area contributed by atoms with Gasteiger partial charge in [-0.25, -0.2) is 4.79 Å². The van der Waals surface area contributed by atoms with Crippen LogP contribution in [0.5, 0.6) is 0 Å². The highest BCUT2D eigenvalue weighted by atomic mass is 16.1. The lowest BCUT2D eigenvalue weighted by molar-refractivity contribution is 0.161. The molecular weight excluding hydrogens is 274 g/mol. The SMILES string of the molecule is CC(CN1CCC(n2c(=O)[nH]c3ccccc32)CC1)C1CC1. The second-order valence-electron chi connectivity index (χ2n) is 7.16. The Morgan fingerprint density at radius 3 is 2.64 bits per heavy atom. The summed E-state index contributed by atoms with van der Waals surface area (Å²) in [5, 5.41) is 0. The Morgan fingerprint density at radius 1 is 1.18 bits per heavy atom. The number of nitrogens with one attached hydrogen (secondary N) is 1. The maximum Gasteiger partial charge on any atom is 0.326 e. The van der Waals surface area contributed by atoms with E-state index < -0.39 is 0 Å². The molecule has 118 valence electrons. The first-order valence-electron chi connectivity index (χ1n) is 8.64. The molecule has 2 aromatic rings. The number of hydrogen-bond acceptors (Lipinski definition) is 2. The highest BCUT2D eigenvalue weighted by Gasteiger charge is 2.30. The summed E-state index contributed by atoms with van der Waals surface area (Å²) in [7, 11) is 0. The van der Waals surface area contributed by atoms with Crippen molar-refractivity contribution in [1.29, 1.82) is 0 Å². The number of benzene rings is 1. The van der Waals surface area contributed by atoms with Gasteiger partial charge in [0.15, 0.2) is 0 Å². The fourth-order valence-corrected chi connectivity index (χ4v) is 4.02. The number of aromatic amines is 1. The Bertz CT molecular complexity index is 704. The first-order valence-corrected chi connectivity index (χ1v) is 8.64. The molecule has 1 saturated carbocycles. The van der Waals surface area contributed by atoms with E-state index in [0.717, 1.165) is 48.8 Å². The van der Waals surface area contributed by atoms with Crippen LogP contribution >= 0.6 is 0 Å². The van der Waals surface area contributed by atoms with Gasteiger partial charge in [-0.05, 0) is 49.7 Å². The van der Waals surface area contributed by atoms with Gasteiger partial charge >= 0.3 is 5.69 Å². The maximum absolute atomic E-state index is 12.3. The molecule has 0 bridgehead atoms. The molecular formula is C18H25N3O. The van der Waals surface area contributed by atoms with E-state index in [0.29, 0.717) is 6.04 Å². The molecule has 1 N–H and O–H groups in total. The smallest absolute Gasteiger partial charge is 0.306 e. The zero-order valence-corrected chi connectivity index (χ0v) is 13.3. The van der Waals surface area contributed by atoms with Gasteiger partial charge in [0.05, 0.1) is 11.0 Å². The van der Waals surface area contributed by atoms with Crippen molar-refractivity contribution >= 4 is 11.0 Å². The first kappa shape index (κ1) is 14.1. The maximum atomic E-state index is 12.3. The molecule has 1 aromatic carbocycles. The molecule has 1 aliphatic carbocycles. The number of imidazole rings is 1. The summed E-state index contributed by atoms with van der Waals surface area (Å²) in [6.07, 6.45) is 5.03. The third kappa shape index (κ3) is 2.60. The number of nitrogens with zero attached hydrogens (tertiary/aromatic N) is 2. The monoisotopic (exact) mass is 299 g/mol. The molecule has 2 fully saturated rings. The average molecular weight is 299 g/mol. The quantitative estimate of drug-likeness (QED) is 0.943. The third-order valence-electron chi connectivity index (χ3n) is 5.52. The van der Waals surface area contributed by atoms with Gasteiger partial charge in [0.25, 0.3) is 0 Å². The van der Waals surface area contributed by atoms with Gasteiger partial charge in [-0.1, -0.05) is 19.1 Å². The van der Waals surface area contributed by atoms with Gasteiger partial charge in [-0.3, -0.25) is 4.57 Å². The first-order chi connectivity index (χ1) is 10.7. The van der Waals surface area contributed by atoms with Gasteiger partial charge in [0.1, 0.15) is 0 Å². The molecule has 2 aliphatic rings. The Hall–Kier alpha value is -1.55. The summed E-state index contributed by atoms with van der Waals surface area (Å²) in [6.45, 7) is 5.87. The van der Waals surface area contributed by atoms with Crippen LogP contribution in [0.15, 0.2) is 29.1 Å². The molecule has 0 radical (unpaired) electrons. The van der Waals surface area contributed by atoms with Crippen molar-refractivity contribution in [3.63, 3.8) is 0 Å². The number of rotatable bonds is 4. The van der Waals surface area contributed by atoms with Crippen molar-refractivity contribution in [1.82, 2.24) is 14.5 Å². The summed E-state index contributed by atoms with van der Waals surface area (Å²) < 4.78 is 1.98. The highest BCUT2D eigenvalue weighted by Crippen LogP contribution is 2.37. The van der Waals surface area contributed by atoms with E-state index in [9.17, 15) is 4.79 Å². The van der Waals surface area contributed by atoms with Crippen molar-refractivity contribution in [2.75, 3.05) is 19.6 Å². The lowest BCUT2D eigenvalue weighted by atomic mass is 10.0. The molecule has 1 aliphatic heterocycles. The van der Waals surface area contributed by atoms with Crippen LogP contribution in [-0.2, 0) is 0 Å². The Kier molecular flexibility index (Phi) is 3.57. The van der Waals surface area contributed by atoms with Gasteiger partial charge in [-0.2, -0.15) is 0 Å². The van der Waals surface area contributed by atoms with E-state index in [1.165, 1.54) is 19.4 Å². The predicted molar refractivity (Wildman–Crippen MR) is 89.2 cm³/mol. The summed E-state index contributed by atoms with van der Waals surface area (Å²) in [4.78, 5) is 17.9. The molecule has 2 heterocycles. The third-order valence-corrected chi connectivity index (χ3v) is 5.52. The van der Waals surface area contributed by atoms with E-state index >= 15 is 0 Å². The zero-order valence-electron chi connectivity index (χ0n) is 13.3. The molecule has 1 atom stereocenters. The van der Waals surface area contributed by atoms with Crippen molar-refractivity contribution in [3.05, 3.63) is 34.7 Å². The van der Waals surface area contributed by atoms with Crippen LogP contribution in [-0.4, -0.2) is 34.1 Å². The van der Waals surface area contributed by atoms with E-state index in [2.05, 4.69) is 22.9 Å². The van der Waals surface area contributed by atoms with Gasteiger partial charge < -0.3 is 9.88 Å². The molecule has 0 spiro atoms. The number of H-pyrrole nitrogens is 1. The largest absolute Gasteiger partial charge is 0.326 e. The van der Waals surface area contributed by atoms with Crippen LogP contribution in [0.2, 0.25) is 0 Å². The minimum atomic E-state index is 0.0472. The predicted octanol–water partition coefficient (Wildman–Crippen LogP) is 3.01. The average Bonchev–Trinajstić information content (AvgIpc) is 3.31. The number of para-hydroxylation sites is 2. The number of aromatic nitrogens is 2. The minimum Gasteiger partial charge on any atom is -0.306 e. The number of likely N-dealkylation sites (tertiary alicyclic amines) is 1. The van der Waals surface area contributed by atoms with E-state index in [4.69, 9.17) is 0 Å². The molecule has 0 amide bonds. The van der Waals surface area contributed by atoms with Crippen LogP contribution in [0, 0.1) is 11.8 Å². The van der Waals surface area contributed by atoms with Gasteiger partial charge in [-0.15, -0.1) is 0 Å². The highest BCUT2D eigenvalue weighted by molar-refractivity contribution is 5.75. The Morgan fingerprint density at radius 2 is 1.91 bits per heavy atom. The topological polar surface area (TPSA) is 41.0 Å². The molecule has 4 rings (SSSR count). The van der Waals surface area contributed by atoms with Gasteiger partial charge in [0.2, 0.25) is 0 Å². The number of fused-ring (bicyclic) bond motifs is 1. The van der Waals surface area contributed by atoms with Crippen molar-refractivity contribution in [2.45, 2.75) is 38.6 Å². The fraction of sp³-hybridized carbons (Fsp3) is 0.611. The summed E-state index contributed by atoms with van der Waals surface area (Å²) >= 11 is 0. The zero-order chi connectivity index (χ0) is 15.1. The van der Waals surface area contributed by atoms with Crippen LogP contribution < -0.4 is 5.69 Å². The normalized spacial score (nSPS) is 22.2. The van der Waals surface area contributed by atoms with E-state index in [-0.39, 0.29) is 5.69 Å². The molecule has 1 unspecified atom stereocenters. The van der Waals surface area contributed by atoms with Crippen LogP contribution in [0.4, 0.5) is 0 Å². The lowest BCUT2D eigenvalue weighted by Gasteiger charge is -2.34. The minimum absolute atomic E-state index is 0.0472. The molecule has 4 nitrogen and oxygen atoms in total. The van der Waals surface area contributed by atoms with Crippen molar-refractivity contribution in [3.8, 4) is 0 Å². The lowest BCUT2D eigenvalue weighted by Crippen LogP contribution is -2.39. The summed E-state index contributed by atoms with van der Waals surface area (Å²) in [5.74, 6) is 1.82. The van der Waals surface area contributed by atoms with Crippen LogP contribution in [0.3, 0.4) is 0 Å². The van der Waals surface area contributed by atoms with Gasteiger partial charge in [0, 0.05) is 25.7 Å². The van der Waals surface area contributed by atoms with Crippen molar-refractivity contribution in [2.24, 2.45) is 11.8 Å². The Balaban J connectivity index is 1.46. The standard InChI is InChI=1S/C18H25N3O/c1-13(14-6-7-14)12-20-10-8-15(9-11-20)21-17-5-3-2-4-16(17)19-18(21)22/h2-5,13-15H,6-12H2,1H3,(H,19,22). The molecule has 1 aromatic heterocycles. The summed E-state index contributed by atoms with van der Waals surface area (Å²) in [5.41, 5.74) is 2.06. The Labute approximate surface area is 131 Å². The van der Waals surface area contributed by atoms with E-state index in [1.54, 1.807) is 0 Å². The van der Waals surface area contributed by atoms with Crippen LogP contribution in [0.25, 0.3) is 11.0 Å². The van der Waals surface area contributed by atoms with Crippen LogP contribution in [0.1, 0.15) is 38.6 Å². The molecule has 4 heteroatoms. The number of piperidine rings is 1. The second kappa shape index (κ2) is 5.58. The number of hydrogen-bond donors (Lipinski definition) is 1.